The van der Waals surface area contributed by atoms with Crippen molar-refractivity contribution in [3.05, 3.63) is 66.1 Å². The van der Waals surface area contributed by atoms with Crippen LogP contribution in [0.15, 0.2) is 64.2 Å². The standard InChI is InChI=1S/C23H28N4O3/c1-17-8-10-18(11-9-17)22-26-20(16-30-22)15-25-23(24-2)27-19-6-4-7-21(14-19)29-13-5-12-28-3/h4,6-11,14,16H,5,12-13,15H2,1-3H3,(H2,24,25,27). The van der Waals surface area contributed by atoms with E-state index in [-0.39, 0.29) is 0 Å². The molecule has 0 fully saturated rings. The van der Waals surface area contributed by atoms with E-state index in [1.807, 2.05) is 48.5 Å². The number of nitrogens with one attached hydrogen (secondary N) is 2. The Labute approximate surface area is 177 Å². The van der Waals surface area contributed by atoms with Crippen LogP contribution in [0.4, 0.5) is 5.69 Å². The molecule has 3 aromatic rings. The van der Waals surface area contributed by atoms with Crippen molar-refractivity contribution < 1.29 is 13.9 Å². The van der Waals surface area contributed by atoms with Crippen molar-refractivity contribution in [2.75, 3.05) is 32.7 Å². The number of hydrogen-bond acceptors (Lipinski definition) is 5. The molecule has 1 aromatic heterocycles. The summed E-state index contributed by atoms with van der Waals surface area (Å²) in [7, 11) is 3.41. The van der Waals surface area contributed by atoms with Crippen molar-refractivity contribution in [2.45, 2.75) is 19.9 Å². The van der Waals surface area contributed by atoms with Crippen molar-refractivity contribution >= 4 is 11.6 Å². The number of nitrogens with zero attached hydrogens (tertiary/aromatic N) is 2. The second-order valence-corrected chi connectivity index (χ2v) is 6.78. The van der Waals surface area contributed by atoms with E-state index in [0.29, 0.717) is 31.6 Å². The summed E-state index contributed by atoms with van der Waals surface area (Å²) >= 11 is 0. The van der Waals surface area contributed by atoms with Crippen LogP contribution >= 0.6 is 0 Å². The van der Waals surface area contributed by atoms with Crippen LogP contribution in [0.2, 0.25) is 0 Å². The molecule has 1 heterocycles. The van der Waals surface area contributed by atoms with E-state index in [4.69, 9.17) is 13.9 Å². The zero-order chi connectivity index (χ0) is 21.2. The van der Waals surface area contributed by atoms with E-state index in [1.165, 1.54) is 5.56 Å². The third-order valence-electron chi connectivity index (χ3n) is 4.37. The molecule has 7 heteroatoms. The van der Waals surface area contributed by atoms with E-state index in [2.05, 4.69) is 27.5 Å². The molecule has 0 spiro atoms. The second kappa shape index (κ2) is 11.0. The largest absolute Gasteiger partial charge is 0.493 e. The number of guanidine groups is 1. The Hall–Kier alpha value is -3.32. The van der Waals surface area contributed by atoms with Gasteiger partial charge >= 0.3 is 0 Å². The van der Waals surface area contributed by atoms with Gasteiger partial charge in [-0.2, -0.15) is 0 Å². The van der Waals surface area contributed by atoms with E-state index >= 15 is 0 Å². The maximum Gasteiger partial charge on any atom is 0.226 e. The Morgan fingerprint density at radius 3 is 2.73 bits per heavy atom. The molecular formula is C23H28N4O3. The summed E-state index contributed by atoms with van der Waals surface area (Å²) in [6.45, 7) is 3.83. The normalized spacial score (nSPS) is 11.4. The topological polar surface area (TPSA) is 80.9 Å². The lowest BCUT2D eigenvalue weighted by Gasteiger charge is -2.12. The van der Waals surface area contributed by atoms with Crippen LogP contribution in [0.5, 0.6) is 5.75 Å². The summed E-state index contributed by atoms with van der Waals surface area (Å²) in [5, 5.41) is 6.51. The second-order valence-electron chi connectivity index (χ2n) is 6.78. The smallest absolute Gasteiger partial charge is 0.226 e. The summed E-state index contributed by atoms with van der Waals surface area (Å²) in [6, 6.07) is 15.8. The summed E-state index contributed by atoms with van der Waals surface area (Å²) in [5.74, 6) is 2.03. The molecular weight excluding hydrogens is 380 g/mol. The molecule has 30 heavy (non-hydrogen) atoms. The van der Waals surface area contributed by atoms with Crippen molar-refractivity contribution in [2.24, 2.45) is 4.99 Å². The Bertz CT molecular complexity index is 951. The van der Waals surface area contributed by atoms with E-state index in [1.54, 1.807) is 20.4 Å². The van der Waals surface area contributed by atoms with Crippen LogP contribution < -0.4 is 15.4 Å². The first-order valence-corrected chi connectivity index (χ1v) is 9.89. The van der Waals surface area contributed by atoms with Gasteiger partial charge in [-0.3, -0.25) is 4.99 Å². The predicted molar refractivity (Wildman–Crippen MR) is 119 cm³/mol. The molecule has 0 aliphatic carbocycles. The fraction of sp³-hybridized carbons (Fsp3) is 0.304. The third kappa shape index (κ3) is 6.35. The van der Waals surface area contributed by atoms with Crippen molar-refractivity contribution in [1.82, 2.24) is 10.3 Å². The van der Waals surface area contributed by atoms with E-state index < -0.39 is 0 Å². The lowest BCUT2D eigenvalue weighted by atomic mass is 10.1. The van der Waals surface area contributed by atoms with Gasteiger partial charge in [0, 0.05) is 44.5 Å². The average Bonchev–Trinajstić information content (AvgIpc) is 3.24. The number of aromatic nitrogens is 1. The molecule has 0 unspecified atom stereocenters. The quantitative estimate of drug-likeness (QED) is 0.313. The number of aryl methyl sites for hydroxylation is 1. The Morgan fingerprint density at radius 2 is 1.97 bits per heavy atom. The van der Waals surface area contributed by atoms with Crippen molar-refractivity contribution in [3.8, 4) is 17.2 Å². The van der Waals surface area contributed by atoms with Gasteiger partial charge in [0.2, 0.25) is 5.89 Å². The SMILES string of the molecule is CN=C(NCc1coc(-c2ccc(C)cc2)n1)Nc1cccc(OCCCOC)c1. The van der Waals surface area contributed by atoms with Gasteiger partial charge in [0.15, 0.2) is 5.96 Å². The summed E-state index contributed by atoms with van der Waals surface area (Å²) in [6.07, 6.45) is 2.50. The highest BCUT2D eigenvalue weighted by molar-refractivity contribution is 5.93. The van der Waals surface area contributed by atoms with Crippen molar-refractivity contribution in [1.29, 1.82) is 0 Å². The van der Waals surface area contributed by atoms with Gasteiger partial charge in [0.05, 0.1) is 18.8 Å². The monoisotopic (exact) mass is 408 g/mol. The Balaban J connectivity index is 1.53. The maximum atomic E-state index is 5.74. The van der Waals surface area contributed by atoms with Gasteiger partial charge < -0.3 is 24.5 Å². The first-order chi connectivity index (χ1) is 14.7. The fourth-order valence-electron chi connectivity index (χ4n) is 2.76. The number of rotatable bonds is 9. The van der Waals surface area contributed by atoms with Gasteiger partial charge in [-0.05, 0) is 31.2 Å². The molecule has 3 rings (SSSR count). The van der Waals surface area contributed by atoms with Gasteiger partial charge in [-0.25, -0.2) is 4.98 Å². The molecule has 0 radical (unpaired) electrons. The zero-order valence-electron chi connectivity index (χ0n) is 17.6. The van der Waals surface area contributed by atoms with Crippen LogP contribution in [-0.4, -0.2) is 38.3 Å². The molecule has 2 aromatic carbocycles. The van der Waals surface area contributed by atoms with Gasteiger partial charge in [0.25, 0.3) is 0 Å². The molecule has 0 aliphatic heterocycles. The van der Waals surface area contributed by atoms with E-state index in [9.17, 15) is 0 Å². The molecule has 0 bridgehead atoms. The highest BCUT2D eigenvalue weighted by Crippen LogP contribution is 2.19. The molecule has 0 aliphatic rings. The minimum Gasteiger partial charge on any atom is -0.493 e. The Kier molecular flexibility index (Phi) is 7.86. The number of oxazole rings is 1. The van der Waals surface area contributed by atoms with Crippen LogP contribution in [0.25, 0.3) is 11.5 Å². The van der Waals surface area contributed by atoms with Crippen LogP contribution in [0, 0.1) is 6.92 Å². The van der Waals surface area contributed by atoms with Gasteiger partial charge in [0.1, 0.15) is 12.0 Å². The molecule has 7 nitrogen and oxygen atoms in total. The van der Waals surface area contributed by atoms with Crippen LogP contribution in [0.3, 0.4) is 0 Å². The number of aliphatic imine (C=N–C) groups is 1. The van der Waals surface area contributed by atoms with Crippen LogP contribution in [-0.2, 0) is 11.3 Å². The molecule has 0 amide bonds. The minimum absolute atomic E-state index is 0.488. The lowest BCUT2D eigenvalue weighted by Crippen LogP contribution is -2.30. The number of methoxy groups -OCH3 is 1. The lowest BCUT2D eigenvalue weighted by molar-refractivity contribution is 0.172. The first kappa shape index (κ1) is 21.4. The predicted octanol–water partition coefficient (Wildman–Crippen LogP) is 4.25. The first-order valence-electron chi connectivity index (χ1n) is 9.89. The molecule has 0 saturated carbocycles. The number of hydrogen-bond donors (Lipinski definition) is 2. The highest BCUT2D eigenvalue weighted by Gasteiger charge is 2.08. The molecule has 158 valence electrons. The highest BCUT2D eigenvalue weighted by atomic mass is 16.5. The Morgan fingerprint density at radius 1 is 1.13 bits per heavy atom. The average molecular weight is 409 g/mol. The molecule has 2 N–H and O–H groups in total. The molecule has 0 atom stereocenters. The molecule has 0 saturated heterocycles. The van der Waals surface area contributed by atoms with Crippen molar-refractivity contribution in [3.63, 3.8) is 0 Å². The van der Waals surface area contributed by atoms with Crippen LogP contribution in [0.1, 0.15) is 17.7 Å². The number of ether oxygens (including phenoxy) is 2. The summed E-state index contributed by atoms with van der Waals surface area (Å²) < 4.78 is 16.4. The minimum atomic E-state index is 0.488. The van der Waals surface area contributed by atoms with Gasteiger partial charge in [-0.1, -0.05) is 23.8 Å². The van der Waals surface area contributed by atoms with Gasteiger partial charge in [-0.15, -0.1) is 0 Å². The maximum absolute atomic E-state index is 5.74. The summed E-state index contributed by atoms with van der Waals surface area (Å²) in [5.41, 5.74) is 3.83. The zero-order valence-corrected chi connectivity index (χ0v) is 17.6. The van der Waals surface area contributed by atoms with E-state index in [0.717, 1.165) is 29.1 Å². The fourth-order valence-corrected chi connectivity index (χ4v) is 2.76. The number of benzene rings is 2. The third-order valence-corrected chi connectivity index (χ3v) is 4.37. The number of anilines is 1. The summed E-state index contributed by atoms with van der Waals surface area (Å²) in [4.78, 5) is 8.81.